The molecule has 2 rings (SSSR count). The van der Waals surface area contributed by atoms with Crippen LogP contribution in [0, 0.1) is 11.3 Å². The highest BCUT2D eigenvalue weighted by Gasteiger charge is 2.41. The zero-order valence-electron chi connectivity index (χ0n) is 11.3. The van der Waals surface area contributed by atoms with Crippen molar-refractivity contribution in [3.8, 4) is 0 Å². The maximum Gasteiger partial charge on any atom is 0.313 e. The summed E-state index contributed by atoms with van der Waals surface area (Å²) >= 11 is 0. The van der Waals surface area contributed by atoms with Crippen molar-refractivity contribution in [3.63, 3.8) is 0 Å². The number of nitrogens with two attached hydrogens (primary N) is 1. The van der Waals surface area contributed by atoms with Crippen molar-refractivity contribution in [2.75, 3.05) is 19.8 Å². The van der Waals surface area contributed by atoms with Gasteiger partial charge >= 0.3 is 5.97 Å². The summed E-state index contributed by atoms with van der Waals surface area (Å²) < 4.78 is 11.0. The normalized spacial score (nSPS) is 31.9. The SMILES string of the molecule is CC1CCC(OC(=O)C2(CN)CCOCC2)CC1. The van der Waals surface area contributed by atoms with Gasteiger partial charge in [0, 0.05) is 19.8 Å². The van der Waals surface area contributed by atoms with Gasteiger partial charge in [0.05, 0.1) is 5.41 Å². The summed E-state index contributed by atoms with van der Waals surface area (Å²) in [4.78, 5) is 12.3. The maximum absolute atomic E-state index is 12.3. The third-order valence-electron chi connectivity index (χ3n) is 4.51. The van der Waals surface area contributed by atoms with E-state index in [4.69, 9.17) is 15.2 Å². The molecule has 4 nitrogen and oxygen atoms in total. The van der Waals surface area contributed by atoms with E-state index in [0.29, 0.717) is 32.6 Å². The van der Waals surface area contributed by atoms with E-state index in [0.717, 1.165) is 31.6 Å². The highest BCUT2D eigenvalue weighted by molar-refractivity contribution is 5.77. The smallest absolute Gasteiger partial charge is 0.313 e. The maximum atomic E-state index is 12.3. The van der Waals surface area contributed by atoms with Crippen molar-refractivity contribution in [1.29, 1.82) is 0 Å². The van der Waals surface area contributed by atoms with Gasteiger partial charge in [0.2, 0.25) is 0 Å². The molecule has 0 aromatic rings. The highest BCUT2D eigenvalue weighted by Crippen LogP contribution is 2.33. The van der Waals surface area contributed by atoms with Crippen LogP contribution in [0.15, 0.2) is 0 Å². The van der Waals surface area contributed by atoms with Gasteiger partial charge in [-0.25, -0.2) is 0 Å². The zero-order valence-corrected chi connectivity index (χ0v) is 11.3. The van der Waals surface area contributed by atoms with Crippen LogP contribution in [0.5, 0.6) is 0 Å². The number of ether oxygens (including phenoxy) is 2. The van der Waals surface area contributed by atoms with Gasteiger partial charge in [0.15, 0.2) is 0 Å². The lowest BCUT2D eigenvalue weighted by molar-refractivity contribution is -0.168. The molecule has 1 aliphatic heterocycles. The molecule has 2 fully saturated rings. The van der Waals surface area contributed by atoms with E-state index in [1.165, 1.54) is 0 Å². The van der Waals surface area contributed by atoms with E-state index in [1.807, 2.05) is 0 Å². The lowest BCUT2D eigenvalue weighted by Gasteiger charge is -2.36. The Bertz CT molecular complexity index is 279. The van der Waals surface area contributed by atoms with E-state index >= 15 is 0 Å². The largest absolute Gasteiger partial charge is 0.462 e. The lowest BCUT2D eigenvalue weighted by Crippen LogP contribution is -2.45. The van der Waals surface area contributed by atoms with E-state index in [-0.39, 0.29) is 12.1 Å². The Morgan fingerprint density at radius 1 is 1.28 bits per heavy atom. The Morgan fingerprint density at radius 2 is 1.89 bits per heavy atom. The van der Waals surface area contributed by atoms with Crippen molar-refractivity contribution < 1.29 is 14.3 Å². The first-order chi connectivity index (χ1) is 8.66. The molecule has 0 radical (unpaired) electrons. The highest BCUT2D eigenvalue weighted by atomic mass is 16.5. The summed E-state index contributed by atoms with van der Waals surface area (Å²) in [6.07, 6.45) is 5.85. The zero-order chi connectivity index (χ0) is 13.0. The quantitative estimate of drug-likeness (QED) is 0.782. The molecule has 0 aromatic carbocycles. The van der Waals surface area contributed by atoms with Gasteiger partial charge in [-0.2, -0.15) is 0 Å². The Labute approximate surface area is 109 Å². The van der Waals surface area contributed by atoms with E-state index < -0.39 is 5.41 Å². The molecule has 1 heterocycles. The van der Waals surface area contributed by atoms with Crippen LogP contribution in [0.1, 0.15) is 45.4 Å². The second-order valence-corrected chi connectivity index (χ2v) is 5.88. The first-order valence-electron chi connectivity index (χ1n) is 7.15. The standard InChI is InChI=1S/C14H25NO3/c1-11-2-4-12(5-3-11)18-13(16)14(10-15)6-8-17-9-7-14/h11-12H,2-10,15H2,1H3. The van der Waals surface area contributed by atoms with E-state index in [1.54, 1.807) is 0 Å². The summed E-state index contributed by atoms with van der Waals surface area (Å²) in [5, 5.41) is 0. The average molecular weight is 255 g/mol. The average Bonchev–Trinajstić information content (AvgIpc) is 2.42. The molecule has 2 aliphatic rings. The third kappa shape index (κ3) is 3.04. The fourth-order valence-corrected chi connectivity index (χ4v) is 2.88. The third-order valence-corrected chi connectivity index (χ3v) is 4.51. The molecule has 0 spiro atoms. The fraction of sp³-hybridized carbons (Fsp3) is 0.929. The van der Waals surface area contributed by atoms with E-state index in [2.05, 4.69) is 6.92 Å². The second kappa shape index (κ2) is 6.02. The van der Waals surface area contributed by atoms with Gasteiger partial charge < -0.3 is 15.2 Å². The van der Waals surface area contributed by atoms with Crippen LogP contribution >= 0.6 is 0 Å². The predicted molar refractivity (Wildman–Crippen MR) is 69.1 cm³/mol. The minimum atomic E-state index is -0.485. The van der Waals surface area contributed by atoms with E-state index in [9.17, 15) is 4.79 Å². The summed E-state index contributed by atoms with van der Waals surface area (Å²) in [5.41, 5.74) is 5.33. The van der Waals surface area contributed by atoms with Crippen LogP contribution in [-0.4, -0.2) is 31.8 Å². The van der Waals surface area contributed by atoms with Gasteiger partial charge in [0.1, 0.15) is 6.10 Å². The van der Waals surface area contributed by atoms with Crippen LogP contribution in [-0.2, 0) is 14.3 Å². The molecular weight excluding hydrogens is 230 g/mol. The van der Waals surface area contributed by atoms with Crippen molar-refractivity contribution >= 4 is 5.97 Å². The molecule has 4 heteroatoms. The Morgan fingerprint density at radius 3 is 2.44 bits per heavy atom. The summed E-state index contributed by atoms with van der Waals surface area (Å²) in [6.45, 7) is 3.87. The topological polar surface area (TPSA) is 61.5 Å². The molecular formula is C14H25NO3. The molecule has 0 amide bonds. The predicted octanol–water partition coefficient (Wildman–Crippen LogP) is 1.86. The molecule has 18 heavy (non-hydrogen) atoms. The number of hydrogen-bond donors (Lipinski definition) is 1. The van der Waals surface area contributed by atoms with Gasteiger partial charge in [0.25, 0.3) is 0 Å². The molecule has 1 aliphatic carbocycles. The molecule has 0 atom stereocenters. The summed E-state index contributed by atoms with van der Waals surface area (Å²) in [5.74, 6) is 0.680. The van der Waals surface area contributed by atoms with Gasteiger partial charge in [-0.1, -0.05) is 6.92 Å². The van der Waals surface area contributed by atoms with Crippen LogP contribution < -0.4 is 5.73 Å². The van der Waals surface area contributed by atoms with Crippen LogP contribution in [0.25, 0.3) is 0 Å². The minimum absolute atomic E-state index is 0.0900. The first-order valence-corrected chi connectivity index (χ1v) is 7.15. The molecule has 0 bridgehead atoms. The lowest BCUT2D eigenvalue weighted by atomic mass is 9.80. The van der Waals surface area contributed by atoms with Crippen molar-refractivity contribution in [3.05, 3.63) is 0 Å². The Balaban J connectivity index is 1.89. The summed E-state index contributed by atoms with van der Waals surface area (Å²) in [6, 6.07) is 0. The fourth-order valence-electron chi connectivity index (χ4n) is 2.88. The van der Waals surface area contributed by atoms with Crippen LogP contribution in [0.3, 0.4) is 0 Å². The number of carbonyl (C=O) groups excluding carboxylic acids is 1. The van der Waals surface area contributed by atoms with Gasteiger partial charge in [-0.3, -0.25) is 4.79 Å². The molecule has 1 saturated carbocycles. The monoisotopic (exact) mass is 255 g/mol. The molecule has 2 N–H and O–H groups in total. The molecule has 0 aromatic heterocycles. The second-order valence-electron chi connectivity index (χ2n) is 5.88. The first kappa shape index (κ1) is 13.8. The number of esters is 1. The molecule has 104 valence electrons. The molecule has 0 unspecified atom stereocenters. The van der Waals surface area contributed by atoms with Crippen LogP contribution in [0.4, 0.5) is 0 Å². The molecule has 1 saturated heterocycles. The summed E-state index contributed by atoms with van der Waals surface area (Å²) in [7, 11) is 0. The van der Waals surface area contributed by atoms with Crippen molar-refractivity contribution in [2.24, 2.45) is 17.1 Å². The minimum Gasteiger partial charge on any atom is -0.462 e. The number of rotatable bonds is 3. The van der Waals surface area contributed by atoms with Gasteiger partial charge in [-0.05, 0) is 44.4 Å². The van der Waals surface area contributed by atoms with Gasteiger partial charge in [-0.15, -0.1) is 0 Å². The number of carbonyl (C=O) groups is 1. The van der Waals surface area contributed by atoms with Crippen molar-refractivity contribution in [1.82, 2.24) is 0 Å². The van der Waals surface area contributed by atoms with Crippen molar-refractivity contribution in [2.45, 2.75) is 51.6 Å². The van der Waals surface area contributed by atoms with Crippen LogP contribution in [0.2, 0.25) is 0 Å². The number of hydrogen-bond acceptors (Lipinski definition) is 4. The Hall–Kier alpha value is -0.610. The Kier molecular flexibility index (Phi) is 4.62.